The van der Waals surface area contributed by atoms with Gasteiger partial charge in [-0.25, -0.2) is 4.79 Å². The zero-order valence-corrected chi connectivity index (χ0v) is 16.0. The number of hydrogen-bond acceptors (Lipinski definition) is 3. The summed E-state index contributed by atoms with van der Waals surface area (Å²) in [6.45, 7) is 14.1. The first-order valence-electron chi connectivity index (χ1n) is 9.54. The molecule has 1 saturated heterocycles. The molecule has 0 saturated carbocycles. The maximum Gasteiger partial charge on any atom is 0.410 e. The second-order valence-electron chi connectivity index (χ2n) is 8.01. The number of rotatable bonds is 8. The van der Waals surface area contributed by atoms with Crippen LogP contribution in [-0.2, 0) is 4.74 Å². The molecule has 0 radical (unpaired) electrons. The molecule has 0 aromatic rings. The Morgan fingerprint density at radius 2 is 2.09 bits per heavy atom. The fraction of sp³-hybridized carbons (Fsp3) is 0.947. The number of carbonyl (C=O) groups is 1. The van der Waals surface area contributed by atoms with Crippen molar-refractivity contribution >= 4 is 6.09 Å². The van der Waals surface area contributed by atoms with E-state index in [0.717, 1.165) is 38.5 Å². The maximum atomic E-state index is 12.2. The number of hydrogen-bond donors (Lipinski definition) is 1. The smallest absolute Gasteiger partial charge is 0.410 e. The predicted octanol–water partition coefficient (Wildman–Crippen LogP) is 4.44. The summed E-state index contributed by atoms with van der Waals surface area (Å²) in [7, 11) is 0. The number of likely N-dealkylation sites (tertiary alicyclic amines) is 1. The van der Waals surface area contributed by atoms with Crippen molar-refractivity contribution in [2.75, 3.05) is 26.2 Å². The average molecular weight is 327 g/mol. The fourth-order valence-electron chi connectivity index (χ4n) is 3.16. The minimum atomic E-state index is -0.407. The number of nitrogens with zero attached hydrogens (tertiary/aromatic N) is 1. The number of nitrogens with one attached hydrogen (secondary N) is 1. The van der Waals surface area contributed by atoms with Gasteiger partial charge in [0.15, 0.2) is 0 Å². The van der Waals surface area contributed by atoms with Crippen molar-refractivity contribution in [3.05, 3.63) is 0 Å². The normalized spacial score (nSPS) is 20.4. The molecule has 1 fully saturated rings. The Balaban J connectivity index is 2.31. The lowest BCUT2D eigenvalue weighted by Crippen LogP contribution is -2.45. The topological polar surface area (TPSA) is 41.6 Å². The fourth-order valence-corrected chi connectivity index (χ4v) is 3.16. The van der Waals surface area contributed by atoms with E-state index in [2.05, 4.69) is 19.2 Å². The quantitative estimate of drug-likeness (QED) is 0.717. The van der Waals surface area contributed by atoms with Crippen LogP contribution < -0.4 is 5.32 Å². The van der Waals surface area contributed by atoms with Crippen LogP contribution in [0.2, 0.25) is 0 Å². The highest BCUT2D eigenvalue weighted by atomic mass is 16.6. The van der Waals surface area contributed by atoms with Gasteiger partial charge in [-0.15, -0.1) is 0 Å². The Hall–Kier alpha value is -0.770. The number of unbranched alkanes of at least 4 members (excludes halogenated alkanes) is 1. The molecular formula is C19H38N2O2. The minimum absolute atomic E-state index is 0.156. The lowest BCUT2D eigenvalue weighted by Gasteiger charge is -2.34. The van der Waals surface area contributed by atoms with Crippen molar-refractivity contribution in [3.8, 4) is 0 Å². The monoisotopic (exact) mass is 326 g/mol. The summed E-state index contributed by atoms with van der Waals surface area (Å²) in [5.74, 6) is 1.35. The van der Waals surface area contributed by atoms with E-state index in [0.29, 0.717) is 5.92 Å². The molecule has 2 unspecified atom stereocenters. The van der Waals surface area contributed by atoms with Crippen molar-refractivity contribution in [3.63, 3.8) is 0 Å². The molecular weight excluding hydrogens is 288 g/mol. The van der Waals surface area contributed by atoms with Crippen LogP contribution in [0.4, 0.5) is 4.79 Å². The van der Waals surface area contributed by atoms with E-state index in [1.165, 1.54) is 32.1 Å². The van der Waals surface area contributed by atoms with Crippen molar-refractivity contribution < 1.29 is 9.53 Å². The molecule has 0 spiro atoms. The molecule has 0 aliphatic carbocycles. The van der Waals surface area contributed by atoms with Crippen LogP contribution in [0.15, 0.2) is 0 Å². The van der Waals surface area contributed by atoms with Crippen LogP contribution in [0.3, 0.4) is 0 Å². The lowest BCUT2D eigenvalue weighted by atomic mass is 9.96. The molecule has 1 amide bonds. The molecule has 0 bridgehead atoms. The molecule has 4 nitrogen and oxygen atoms in total. The van der Waals surface area contributed by atoms with Gasteiger partial charge in [0.25, 0.3) is 0 Å². The van der Waals surface area contributed by atoms with Gasteiger partial charge in [0.1, 0.15) is 5.60 Å². The van der Waals surface area contributed by atoms with Crippen LogP contribution in [0.5, 0.6) is 0 Å². The SMILES string of the molecule is CCCCC(CC)CNCC1CCCN(C(=O)OC(C)(C)C)C1. The Bertz CT molecular complexity index is 339. The first-order valence-corrected chi connectivity index (χ1v) is 9.54. The third kappa shape index (κ3) is 8.59. The molecule has 1 heterocycles. The average Bonchev–Trinajstić information content (AvgIpc) is 2.49. The lowest BCUT2D eigenvalue weighted by molar-refractivity contribution is 0.0166. The highest BCUT2D eigenvalue weighted by molar-refractivity contribution is 5.68. The van der Waals surface area contributed by atoms with Crippen LogP contribution in [0.25, 0.3) is 0 Å². The summed E-state index contributed by atoms with van der Waals surface area (Å²) in [4.78, 5) is 14.1. The van der Waals surface area contributed by atoms with Gasteiger partial charge in [0, 0.05) is 13.1 Å². The Morgan fingerprint density at radius 1 is 1.35 bits per heavy atom. The number of amides is 1. The third-order valence-corrected chi connectivity index (χ3v) is 4.58. The van der Waals surface area contributed by atoms with Crippen LogP contribution >= 0.6 is 0 Å². The summed E-state index contributed by atoms with van der Waals surface area (Å²) in [6, 6.07) is 0. The van der Waals surface area contributed by atoms with E-state index < -0.39 is 5.60 Å². The molecule has 4 heteroatoms. The molecule has 1 N–H and O–H groups in total. The zero-order valence-electron chi connectivity index (χ0n) is 16.0. The van der Waals surface area contributed by atoms with Crippen molar-refractivity contribution in [1.82, 2.24) is 10.2 Å². The second-order valence-corrected chi connectivity index (χ2v) is 8.01. The Morgan fingerprint density at radius 3 is 2.70 bits per heavy atom. The van der Waals surface area contributed by atoms with Crippen molar-refractivity contribution in [1.29, 1.82) is 0 Å². The Labute approximate surface area is 143 Å². The Kier molecular flexibility index (Phi) is 8.96. The number of ether oxygens (including phenoxy) is 1. The molecule has 23 heavy (non-hydrogen) atoms. The van der Waals surface area contributed by atoms with E-state index in [-0.39, 0.29) is 6.09 Å². The minimum Gasteiger partial charge on any atom is -0.444 e. The molecule has 1 aliphatic rings. The van der Waals surface area contributed by atoms with Gasteiger partial charge in [-0.1, -0.05) is 33.1 Å². The highest BCUT2D eigenvalue weighted by Crippen LogP contribution is 2.19. The van der Waals surface area contributed by atoms with Crippen molar-refractivity contribution in [2.24, 2.45) is 11.8 Å². The van der Waals surface area contributed by atoms with Crippen molar-refractivity contribution in [2.45, 2.75) is 78.7 Å². The zero-order chi connectivity index (χ0) is 17.3. The summed E-state index contributed by atoms with van der Waals surface area (Å²) >= 11 is 0. The van der Waals surface area contributed by atoms with E-state index in [1.54, 1.807) is 0 Å². The van der Waals surface area contributed by atoms with Gasteiger partial charge in [-0.3, -0.25) is 0 Å². The predicted molar refractivity (Wildman–Crippen MR) is 96.7 cm³/mol. The van der Waals surface area contributed by atoms with Crippen LogP contribution in [0, 0.1) is 11.8 Å². The van der Waals surface area contributed by atoms with Gasteiger partial charge in [0.05, 0.1) is 0 Å². The second kappa shape index (κ2) is 10.2. The molecule has 1 rings (SSSR count). The third-order valence-electron chi connectivity index (χ3n) is 4.58. The van der Waals surface area contributed by atoms with Gasteiger partial charge >= 0.3 is 6.09 Å². The maximum absolute atomic E-state index is 12.2. The van der Waals surface area contributed by atoms with Crippen LogP contribution in [-0.4, -0.2) is 42.8 Å². The molecule has 0 aromatic heterocycles. The van der Waals surface area contributed by atoms with Gasteiger partial charge in [0.2, 0.25) is 0 Å². The first-order chi connectivity index (χ1) is 10.9. The molecule has 0 aromatic carbocycles. The van der Waals surface area contributed by atoms with E-state index in [4.69, 9.17) is 4.74 Å². The summed E-state index contributed by atoms with van der Waals surface area (Å²) in [5, 5.41) is 3.64. The van der Waals surface area contributed by atoms with Gasteiger partial charge < -0.3 is 15.0 Å². The van der Waals surface area contributed by atoms with Gasteiger partial charge in [-0.05, 0) is 65.0 Å². The standard InChI is InChI=1S/C19H38N2O2/c1-6-8-10-16(7-2)13-20-14-17-11-9-12-21(15-17)18(22)23-19(3,4)5/h16-17,20H,6-15H2,1-5H3. The molecule has 2 atom stereocenters. The van der Waals surface area contributed by atoms with Gasteiger partial charge in [-0.2, -0.15) is 0 Å². The summed E-state index contributed by atoms with van der Waals surface area (Å²) in [5.41, 5.74) is -0.407. The molecule has 136 valence electrons. The highest BCUT2D eigenvalue weighted by Gasteiger charge is 2.27. The number of piperidine rings is 1. The number of carbonyl (C=O) groups excluding carboxylic acids is 1. The summed E-state index contributed by atoms with van der Waals surface area (Å²) < 4.78 is 5.50. The largest absolute Gasteiger partial charge is 0.444 e. The van der Waals surface area contributed by atoms with E-state index >= 15 is 0 Å². The molecule has 1 aliphatic heterocycles. The first kappa shape index (κ1) is 20.3. The van der Waals surface area contributed by atoms with E-state index in [1.807, 2.05) is 25.7 Å². The van der Waals surface area contributed by atoms with E-state index in [9.17, 15) is 4.79 Å². The van der Waals surface area contributed by atoms with Crippen LogP contribution in [0.1, 0.15) is 73.1 Å². The summed E-state index contributed by atoms with van der Waals surface area (Å²) in [6.07, 6.45) is 7.32.